The summed E-state index contributed by atoms with van der Waals surface area (Å²) in [6.45, 7) is 8.74. The largest absolute Gasteiger partial charge is 0.490 e. The smallest absolute Gasteiger partial charge is 0.142 e. The number of nitrogen functional groups attached to an aromatic ring is 1. The SMILES string of the molecule is CC(C)C1CN(CCOc2ccccc2N)C1. The molecule has 3 heteroatoms. The lowest BCUT2D eigenvalue weighted by Crippen LogP contribution is -2.50. The molecule has 0 aromatic heterocycles. The molecule has 0 aliphatic carbocycles. The Balaban J connectivity index is 1.66. The maximum atomic E-state index is 5.81. The minimum absolute atomic E-state index is 0.719. The molecule has 3 nitrogen and oxygen atoms in total. The molecule has 1 saturated heterocycles. The maximum absolute atomic E-state index is 5.81. The first-order chi connectivity index (χ1) is 8.16. The Hall–Kier alpha value is -1.22. The molecule has 1 aromatic carbocycles. The lowest BCUT2D eigenvalue weighted by atomic mass is 9.88. The zero-order valence-corrected chi connectivity index (χ0v) is 10.7. The second-order valence-corrected chi connectivity index (χ2v) is 5.15. The number of ether oxygens (including phenoxy) is 1. The summed E-state index contributed by atoms with van der Waals surface area (Å²) in [4.78, 5) is 2.43. The van der Waals surface area contributed by atoms with Gasteiger partial charge < -0.3 is 10.5 Å². The minimum Gasteiger partial charge on any atom is -0.490 e. The number of hydrogen-bond donors (Lipinski definition) is 1. The number of likely N-dealkylation sites (tertiary alicyclic amines) is 1. The lowest BCUT2D eigenvalue weighted by molar-refractivity contribution is 0.0557. The molecule has 17 heavy (non-hydrogen) atoms. The van der Waals surface area contributed by atoms with Gasteiger partial charge in [-0.15, -0.1) is 0 Å². The minimum atomic E-state index is 0.719. The first kappa shape index (κ1) is 12.2. The van der Waals surface area contributed by atoms with Crippen LogP contribution in [0.2, 0.25) is 0 Å². The van der Waals surface area contributed by atoms with Crippen molar-refractivity contribution in [1.82, 2.24) is 4.90 Å². The van der Waals surface area contributed by atoms with E-state index in [2.05, 4.69) is 18.7 Å². The Kier molecular flexibility index (Phi) is 3.89. The summed E-state index contributed by atoms with van der Waals surface area (Å²) < 4.78 is 5.67. The van der Waals surface area contributed by atoms with Crippen LogP contribution in [-0.4, -0.2) is 31.1 Å². The van der Waals surface area contributed by atoms with Gasteiger partial charge in [-0.05, 0) is 24.0 Å². The van der Waals surface area contributed by atoms with Crippen molar-refractivity contribution in [3.8, 4) is 5.75 Å². The molecule has 1 aliphatic rings. The van der Waals surface area contributed by atoms with Crippen molar-refractivity contribution in [2.45, 2.75) is 13.8 Å². The van der Waals surface area contributed by atoms with Crippen molar-refractivity contribution < 1.29 is 4.74 Å². The van der Waals surface area contributed by atoms with Crippen LogP contribution in [0.25, 0.3) is 0 Å². The first-order valence-corrected chi connectivity index (χ1v) is 6.36. The third kappa shape index (κ3) is 3.13. The molecule has 0 amide bonds. The van der Waals surface area contributed by atoms with Crippen LogP contribution < -0.4 is 10.5 Å². The summed E-state index contributed by atoms with van der Waals surface area (Å²) in [7, 11) is 0. The van der Waals surface area contributed by atoms with Gasteiger partial charge in [0.25, 0.3) is 0 Å². The van der Waals surface area contributed by atoms with E-state index in [1.54, 1.807) is 0 Å². The van der Waals surface area contributed by atoms with Gasteiger partial charge in [-0.1, -0.05) is 26.0 Å². The number of nitrogens with zero attached hydrogens (tertiary/aromatic N) is 1. The van der Waals surface area contributed by atoms with E-state index in [4.69, 9.17) is 10.5 Å². The molecule has 2 N–H and O–H groups in total. The van der Waals surface area contributed by atoms with Crippen LogP contribution in [0, 0.1) is 11.8 Å². The summed E-state index contributed by atoms with van der Waals surface area (Å²) >= 11 is 0. The number of para-hydroxylation sites is 2. The fourth-order valence-electron chi connectivity index (χ4n) is 2.11. The van der Waals surface area contributed by atoms with Gasteiger partial charge in [0.05, 0.1) is 5.69 Å². The van der Waals surface area contributed by atoms with Gasteiger partial charge in [0.2, 0.25) is 0 Å². The molecule has 2 rings (SSSR count). The van der Waals surface area contributed by atoms with Crippen molar-refractivity contribution >= 4 is 5.69 Å². The van der Waals surface area contributed by atoms with Crippen LogP contribution in [0.1, 0.15) is 13.8 Å². The molecular weight excluding hydrogens is 212 g/mol. The van der Waals surface area contributed by atoms with Crippen molar-refractivity contribution in [2.24, 2.45) is 11.8 Å². The standard InChI is InChI=1S/C14H22N2O/c1-11(2)12-9-16(10-12)7-8-17-14-6-4-3-5-13(14)15/h3-6,11-12H,7-10,15H2,1-2H3. The van der Waals surface area contributed by atoms with Gasteiger partial charge in [0, 0.05) is 19.6 Å². The van der Waals surface area contributed by atoms with Crippen molar-refractivity contribution in [3.05, 3.63) is 24.3 Å². The third-order valence-electron chi connectivity index (χ3n) is 3.51. The predicted octanol–water partition coefficient (Wildman–Crippen LogP) is 2.24. The Morgan fingerprint density at radius 3 is 2.71 bits per heavy atom. The maximum Gasteiger partial charge on any atom is 0.142 e. The van der Waals surface area contributed by atoms with Crippen molar-refractivity contribution in [1.29, 1.82) is 0 Å². The monoisotopic (exact) mass is 234 g/mol. The molecule has 0 radical (unpaired) electrons. The van der Waals surface area contributed by atoms with Crippen molar-refractivity contribution in [3.63, 3.8) is 0 Å². The van der Waals surface area contributed by atoms with E-state index in [1.807, 2.05) is 24.3 Å². The van der Waals surface area contributed by atoms with Gasteiger partial charge in [0.1, 0.15) is 12.4 Å². The molecule has 0 bridgehead atoms. The van der Waals surface area contributed by atoms with Gasteiger partial charge in [-0.3, -0.25) is 4.90 Å². The quantitative estimate of drug-likeness (QED) is 0.794. The van der Waals surface area contributed by atoms with E-state index >= 15 is 0 Å². The lowest BCUT2D eigenvalue weighted by Gasteiger charge is -2.41. The van der Waals surface area contributed by atoms with E-state index in [-0.39, 0.29) is 0 Å². The van der Waals surface area contributed by atoms with Gasteiger partial charge in [0.15, 0.2) is 0 Å². The van der Waals surface area contributed by atoms with E-state index < -0.39 is 0 Å². The Labute approximate surface area is 104 Å². The van der Waals surface area contributed by atoms with Crippen LogP contribution in [-0.2, 0) is 0 Å². The van der Waals surface area contributed by atoms with E-state index in [1.165, 1.54) is 13.1 Å². The molecular formula is C14H22N2O. The molecule has 0 spiro atoms. The zero-order valence-electron chi connectivity index (χ0n) is 10.7. The highest BCUT2D eigenvalue weighted by molar-refractivity contribution is 5.51. The number of anilines is 1. The highest BCUT2D eigenvalue weighted by Gasteiger charge is 2.28. The predicted molar refractivity (Wildman–Crippen MR) is 71.1 cm³/mol. The second-order valence-electron chi connectivity index (χ2n) is 5.15. The highest BCUT2D eigenvalue weighted by Crippen LogP contribution is 2.23. The van der Waals surface area contributed by atoms with Gasteiger partial charge in [-0.25, -0.2) is 0 Å². The van der Waals surface area contributed by atoms with Crippen LogP contribution >= 0.6 is 0 Å². The van der Waals surface area contributed by atoms with E-state index in [9.17, 15) is 0 Å². The summed E-state index contributed by atoms with van der Waals surface area (Å²) in [5, 5.41) is 0. The molecule has 1 fully saturated rings. The van der Waals surface area contributed by atoms with E-state index in [0.717, 1.165) is 36.4 Å². The fourth-order valence-corrected chi connectivity index (χ4v) is 2.11. The highest BCUT2D eigenvalue weighted by atomic mass is 16.5. The van der Waals surface area contributed by atoms with Crippen LogP contribution in [0.3, 0.4) is 0 Å². The zero-order chi connectivity index (χ0) is 12.3. The summed E-state index contributed by atoms with van der Waals surface area (Å²) in [6.07, 6.45) is 0. The first-order valence-electron chi connectivity index (χ1n) is 6.36. The summed E-state index contributed by atoms with van der Waals surface area (Å²) in [5.74, 6) is 2.47. The Bertz CT molecular complexity index is 359. The fraction of sp³-hybridized carbons (Fsp3) is 0.571. The number of rotatable bonds is 5. The Morgan fingerprint density at radius 2 is 2.06 bits per heavy atom. The molecule has 0 unspecified atom stereocenters. The average molecular weight is 234 g/mol. The summed E-state index contributed by atoms with van der Waals surface area (Å²) in [5.41, 5.74) is 6.53. The molecule has 1 aromatic rings. The number of nitrogens with two attached hydrogens (primary N) is 1. The topological polar surface area (TPSA) is 38.5 Å². The normalized spacial score (nSPS) is 17.1. The van der Waals surface area contributed by atoms with Crippen molar-refractivity contribution in [2.75, 3.05) is 32.0 Å². The number of benzene rings is 1. The van der Waals surface area contributed by atoms with E-state index in [0.29, 0.717) is 0 Å². The number of hydrogen-bond acceptors (Lipinski definition) is 3. The molecule has 0 atom stereocenters. The second kappa shape index (κ2) is 5.41. The van der Waals surface area contributed by atoms with Crippen LogP contribution in [0.5, 0.6) is 5.75 Å². The average Bonchev–Trinajstić information content (AvgIpc) is 2.23. The van der Waals surface area contributed by atoms with Gasteiger partial charge >= 0.3 is 0 Å². The van der Waals surface area contributed by atoms with Crippen LogP contribution in [0.4, 0.5) is 5.69 Å². The summed E-state index contributed by atoms with van der Waals surface area (Å²) in [6, 6.07) is 7.66. The third-order valence-corrected chi connectivity index (χ3v) is 3.51. The molecule has 1 heterocycles. The molecule has 1 aliphatic heterocycles. The van der Waals surface area contributed by atoms with Crippen LogP contribution in [0.15, 0.2) is 24.3 Å². The molecule has 0 saturated carbocycles. The molecule has 94 valence electrons. The van der Waals surface area contributed by atoms with Gasteiger partial charge in [-0.2, -0.15) is 0 Å². The Morgan fingerprint density at radius 1 is 1.35 bits per heavy atom.